The lowest BCUT2D eigenvalue weighted by molar-refractivity contribution is -0.113. The maximum atomic E-state index is 11.9. The summed E-state index contributed by atoms with van der Waals surface area (Å²) in [7, 11) is -1.52. The monoisotopic (exact) mass is 341 g/mol. The number of para-hydroxylation sites is 1. The summed E-state index contributed by atoms with van der Waals surface area (Å²) >= 11 is 5.91. The van der Waals surface area contributed by atoms with Crippen LogP contribution in [-0.2, 0) is 21.3 Å². The van der Waals surface area contributed by atoms with Crippen molar-refractivity contribution in [3.05, 3.63) is 52.9 Å². The normalized spacial score (nSPS) is 11.9. The van der Waals surface area contributed by atoms with E-state index >= 15 is 0 Å². The number of carboxylic acids is 1. The molecule has 1 aromatic carbocycles. The van der Waals surface area contributed by atoms with E-state index in [9.17, 15) is 13.8 Å². The van der Waals surface area contributed by atoms with Crippen LogP contribution in [0.4, 0.5) is 5.69 Å². The van der Waals surface area contributed by atoms with E-state index in [0.29, 0.717) is 10.7 Å². The van der Waals surface area contributed by atoms with E-state index in [1.165, 1.54) is 12.1 Å². The van der Waals surface area contributed by atoms with Gasteiger partial charge in [0.25, 0.3) is 0 Å². The van der Waals surface area contributed by atoms with Crippen molar-refractivity contribution in [2.24, 2.45) is 0 Å². The molecule has 0 spiro atoms. The maximum Gasteiger partial charge on any atom is 0.371 e. The molecule has 0 aliphatic carbocycles. The summed E-state index contributed by atoms with van der Waals surface area (Å²) in [6.45, 7) is 0. The van der Waals surface area contributed by atoms with Crippen molar-refractivity contribution in [1.82, 2.24) is 0 Å². The Balaban J connectivity index is 1.90. The van der Waals surface area contributed by atoms with Gasteiger partial charge in [0, 0.05) is 10.8 Å². The molecule has 2 aromatic rings. The van der Waals surface area contributed by atoms with Gasteiger partial charge in [0.15, 0.2) is 0 Å². The van der Waals surface area contributed by atoms with Crippen molar-refractivity contribution >= 4 is 40.0 Å². The molecule has 0 radical (unpaired) electrons. The minimum Gasteiger partial charge on any atom is -0.475 e. The Bertz CT molecular complexity index is 728. The average molecular weight is 342 g/mol. The second kappa shape index (κ2) is 7.24. The first kappa shape index (κ1) is 16.3. The third-order valence-electron chi connectivity index (χ3n) is 2.62. The number of halogens is 1. The van der Waals surface area contributed by atoms with Crippen molar-refractivity contribution in [2.45, 2.75) is 5.75 Å². The fourth-order valence-electron chi connectivity index (χ4n) is 1.68. The number of furan rings is 1. The number of aromatic carboxylic acids is 1. The molecule has 1 heterocycles. The van der Waals surface area contributed by atoms with Crippen LogP contribution in [0.3, 0.4) is 0 Å². The van der Waals surface area contributed by atoms with Crippen molar-refractivity contribution in [1.29, 1.82) is 0 Å². The number of rotatable bonds is 6. The highest BCUT2D eigenvalue weighted by Crippen LogP contribution is 2.20. The molecule has 0 aliphatic rings. The number of carbonyl (C=O) groups is 2. The predicted molar refractivity (Wildman–Crippen MR) is 82.5 cm³/mol. The van der Waals surface area contributed by atoms with Gasteiger partial charge in [0.05, 0.1) is 16.5 Å². The van der Waals surface area contributed by atoms with Gasteiger partial charge in [-0.2, -0.15) is 0 Å². The summed E-state index contributed by atoms with van der Waals surface area (Å²) < 4.78 is 16.9. The lowest BCUT2D eigenvalue weighted by Gasteiger charge is -2.06. The molecular formula is C14H12ClNO5S. The van der Waals surface area contributed by atoms with Gasteiger partial charge in [-0.05, 0) is 24.3 Å². The number of carboxylic acid groups (broad SMARTS) is 1. The average Bonchev–Trinajstić information content (AvgIpc) is 2.89. The van der Waals surface area contributed by atoms with Crippen LogP contribution in [0.1, 0.15) is 16.3 Å². The minimum absolute atomic E-state index is 0.0385. The smallest absolute Gasteiger partial charge is 0.371 e. The standard InChI is InChI=1S/C14H12ClNO5S/c15-10-3-1-2-4-11(10)16-13(17)8-22(20)7-9-5-6-12(21-9)14(18)19/h1-6H,7-8H2,(H,16,17)(H,18,19). The minimum atomic E-state index is -1.52. The Morgan fingerprint density at radius 3 is 2.59 bits per heavy atom. The second-order valence-electron chi connectivity index (χ2n) is 4.33. The quantitative estimate of drug-likeness (QED) is 0.841. The molecule has 6 nitrogen and oxygen atoms in total. The summed E-state index contributed by atoms with van der Waals surface area (Å²) in [4.78, 5) is 22.5. The number of anilines is 1. The van der Waals surface area contributed by atoms with E-state index in [1.807, 2.05) is 0 Å². The molecule has 0 saturated carbocycles. The summed E-state index contributed by atoms with van der Waals surface area (Å²) in [5, 5.41) is 11.7. The summed E-state index contributed by atoms with van der Waals surface area (Å²) in [6.07, 6.45) is 0. The van der Waals surface area contributed by atoms with Gasteiger partial charge in [-0.3, -0.25) is 9.00 Å². The zero-order valence-corrected chi connectivity index (χ0v) is 12.8. The Morgan fingerprint density at radius 1 is 1.23 bits per heavy atom. The molecular weight excluding hydrogens is 330 g/mol. The SMILES string of the molecule is O=C(CS(=O)Cc1ccc(C(=O)O)o1)Nc1ccccc1Cl. The molecule has 0 fully saturated rings. The largest absolute Gasteiger partial charge is 0.475 e. The molecule has 2 N–H and O–H groups in total. The third-order valence-corrected chi connectivity index (χ3v) is 4.14. The number of nitrogens with one attached hydrogen (secondary N) is 1. The maximum absolute atomic E-state index is 11.9. The van der Waals surface area contributed by atoms with Crippen LogP contribution in [0.5, 0.6) is 0 Å². The van der Waals surface area contributed by atoms with E-state index in [-0.39, 0.29) is 23.0 Å². The fraction of sp³-hybridized carbons (Fsp3) is 0.143. The number of benzene rings is 1. The van der Waals surface area contributed by atoms with E-state index in [0.717, 1.165) is 0 Å². The lowest BCUT2D eigenvalue weighted by atomic mass is 10.3. The highest BCUT2D eigenvalue weighted by Gasteiger charge is 2.14. The molecule has 0 bridgehead atoms. The van der Waals surface area contributed by atoms with Gasteiger partial charge >= 0.3 is 5.97 Å². The number of hydrogen-bond donors (Lipinski definition) is 2. The van der Waals surface area contributed by atoms with Gasteiger partial charge in [-0.15, -0.1) is 0 Å². The van der Waals surface area contributed by atoms with Crippen molar-refractivity contribution in [3.63, 3.8) is 0 Å². The van der Waals surface area contributed by atoms with Crippen molar-refractivity contribution in [3.8, 4) is 0 Å². The van der Waals surface area contributed by atoms with Gasteiger partial charge in [-0.25, -0.2) is 4.79 Å². The Kier molecular flexibility index (Phi) is 5.35. The van der Waals surface area contributed by atoms with Crippen molar-refractivity contribution < 1.29 is 23.3 Å². The van der Waals surface area contributed by atoms with Crippen LogP contribution in [0.15, 0.2) is 40.8 Å². The number of amides is 1. The van der Waals surface area contributed by atoms with Gasteiger partial charge in [0.1, 0.15) is 11.5 Å². The zero-order valence-electron chi connectivity index (χ0n) is 11.2. The Hall–Kier alpha value is -2.12. The number of hydrogen-bond acceptors (Lipinski definition) is 4. The van der Waals surface area contributed by atoms with Gasteiger partial charge in [-0.1, -0.05) is 23.7 Å². The molecule has 1 atom stereocenters. The second-order valence-corrected chi connectivity index (χ2v) is 6.19. The van der Waals surface area contributed by atoms with Crippen molar-refractivity contribution in [2.75, 3.05) is 11.1 Å². The first-order valence-corrected chi connectivity index (χ1v) is 8.03. The highest BCUT2D eigenvalue weighted by molar-refractivity contribution is 7.84. The van der Waals surface area contributed by atoms with Gasteiger partial charge < -0.3 is 14.8 Å². The molecule has 22 heavy (non-hydrogen) atoms. The lowest BCUT2D eigenvalue weighted by Crippen LogP contribution is -2.20. The molecule has 116 valence electrons. The molecule has 0 aliphatic heterocycles. The van der Waals surface area contributed by atoms with E-state index in [2.05, 4.69) is 5.32 Å². The number of carbonyl (C=O) groups excluding carboxylic acids is 1. The van der Waals surface area contributed by atoms with Crippen LogP contribution >= 0.6 is 11.6 Å². The molecule has 8 heteroatoms. The summed E-state index contributed by atoms with van der Waals surface area (Å²) in [5.41, 5.74) is 0.442. The summed E-state index contributed by atoms with van der Waals surface area (Å²) in [6, 6.07) is 9.41. The molecule has 0 saturated heterocycles. The van der Waals surface area contributed by atoms with E-state index in [1.54, 1.807) is 24.3 Å². The topological polar surface area (TPSA) is 96.6 Å². The first-order valence-electron chi connectivity index (χ1n) is 6.17. The fourth-order valence-corrected chi connectivity index (χ4v) is 2.80. The molecule has 1 amide bonds. The first-order chi connectivity index (χ1) is 10.5. The Morgan fingerprint density at radius 2 is 1.95 bits per heavy atom. The van der Waals surface area contributed by atoms with Gasteiger partial charge in [0.2, 0.25) is 11.7 Å². The van der Waals surface area contributed by atoms with Crippen LogP contribution in [-0.4, -0.2) is 26.9 Å². The van der Waals surface area contributed by atoms with Crippen LogP contribution in [0, 0.1) is 0 Å². The predicted octanol–water partition coefficient (Wildman–Crippen LogP) is 2.52. The van der Waals surface area contributed by atoms with E-state index in [4.69, 9.17) is 21.1 Å². The van der Waals surface area contributed by atoms with Crippen LogP contribution in [0.25, 0.3) is 0 Å². The van der Waals surface area contributed by atoms with Crippen LogP contribution < -0.4 is 5.32 Å². The zero-order chi connectivity index (χ0) is 16.1. The van der Waals surface area contributed by atoms with Crippen LogP contribution in [0.2, 0.25) is 5.02 Å². The highest BCUT2D eigenvalue weighted by atomic mass is 35.5. The Labute approximate surface area is 133 Å². The van der Waals surface area contributed by atoms with E-state index < -0.39 is 22.7 Å². The third kappa shape index (κ3) is 4.44. The summed E-state index contributed by atoms with van der Waals surface area (Å²) in [5.74, 6) is -1.91. The molecule has 1 aromatic heterocycles. The molecule has 2 rings (SSSR count). The molecule has 1 unspecified atom stereocenters.